The summed E-state index contributed by atoms with van der Waals surface area (Å²) >= 11 is 6.27. The highest BCUT2D eigenvalue weighted by molar-refractivity contribution is 6.31. The number of rotatable bonds is 3. The van der Waals surface area contributed by atoms with Gasteiger partial charge >= 0.3 is 0 Å². The van der Waals surface area contributed by atoms with Crippen molar-refractivity contribution in [1.82, 2.24) is 10.2 Å². The summed E-state index contributed by atoms with van der Waals surface area (Å²) in [6, 6.07) is 7.02. The molecule has 0 unspecified atom stereocenters. The molecule has 1 N–H and O–H groups in total. The summed E-state index contributed by atoms with van der Waals surface area (Å²) in [4.78, 5) is 2.43. The van der Waals surface area contributed by atoms with Crippen molar-refractivity contribution in [3.8, 4) is 0 Å². The Balaban J connectivity index is 1.99. The molecule has 0 bridgehead atoms. The highest BCUT2D eigenvalue weighted by Crippen LogP contribution is 2.21. The molecule has 17 heavy (non-hydrogen) atoms. The minimum Gasteiger partial charge on any atom is -0.317 e. The van der Waals surface area contributed by atoms with Crippen LogP contribution in [0.25, 0.3) is 0 Å². The fourth-order valence-corrected chi connectivity index (χ4v) is 2.72. The zero-order valence-electron chi connectivity index (χ0n) is 10.7. The first-order chi connectivity index (χ1) is 8.16. The summed E-state index contributed by atoms with van der Waals surface area (Å²) in [5, 5.41) is 4.29. The summed E-state index contributed by atoms with van der Waals surface area (Å²) in [6.45, 7) is 5.29. The van der Waals surface area contributed by atoms with Crippen molar-refractivity contribution in [1.29, 1.82) is 0 Å². The van der Waals surface area contributed by atoms with Crippen LogP contribution in [0.5, 0.6) is 0 Å². The zero-order chi connectivity index (χ0) is 12.3. The van der Waals surface area contributed by atoms with Gasteiger partial charge in [0.25, 0.3) is 0 Å². The molecular weight excluding hydrogens is 232 g/mol. The second-order valence-corrected chi connectivity index (χ2v) is 5.40. The maximum Gasteiger partial charge on any atom is 0.0453 e. The SMILES string of the molecule is Cc1ccc(CN(C)C2CCNCC2)c(Cl)c1. The summed E-state index contributed by atoms with van der Waals surface area (Å²) in [5.74, 6) is 0. The Labute approximate surface area is 109 Å². The molecule has 0 amide bonds. The molecule has 0 aromatic heterocycles. The lowest BCUT2D eigenvalue weighted by Gasteiger charge is -2.31. The van der Waals surface area contributed by atoms with Gasteiger partial charge in [-0.1, -0.05) is 23.7 Å². The topological polar surface area (TPSA) is 15.3 Å². The largest absolute Gasteiger partial charge is 0.317 e. The molecule has 2 nitrogen and oxygen atoms in total. The maximum absolute atomic E-state index is 6.27. The third-order valence-corrected chi connectivity index (χ3v) is 3.91. The monoisotopic (exact) mass is 252 g/mol. The van der Waals surface area contributed by atoms with Crippen LogP contribution in [0.2, 0.25) is 5.02 Å². The molecular formula is C14H21ClN2. The number of hydrogen-bond donors (Lipinski definition) is 1. The van der Waals surface area contributed by atoms with E-state index in [1.54, 1.807) is 0 Å². The Kier molecular flexibility index (Phi) is 4.43. The number of benzene rings is 1. The minimum atomic E-state index is 0.689. The highest BCUT2D eigenvalue weighted by atomic mass is 35.5. The summed E-state index contributed by atoms with van der Waals surface area (Å²) < 4.78 is 0. The Morgan fingerprint density at radius 1 is 1.35 bits per heavy atom. The third-order valence-electron chi connectivity index (χ3n) is 3.56. The van der Waals surface area contributed by atoms with Gasteiger partial charge in [0, 0.05) is 17.6 Å². The lowest BCUT2D eigenvalue weighted by Crippen LogP contribution is -2.40. The number of aryl methyl sites for hydroxylation is 1. The molecule has 0 radical (unpaired) electrons. The van der Waals surface area contributed by atoms with Gasteiger partial charge in [0.2, 0.25) is 0 Å². The molecule has 1 saturated heterocycles. The lowest BCUT2D eigenvalue weighted by molar-refractivity contribution is 0.192. The number of nitrogens with one attached hydrogen (secondary N) is 1. The van der Waals surface area contributed by atoms with Gasteiger partial charge in [-0.25, -0.2) is 0 Å². The number of piperidine rings is 1. The molecule has 94 valence electrons. The van der Waals surface area contributed by atoms with E-state index < -0.39 is 0 Å². The molecule has 0 spiro atoms. The van der Waals surface area contributed by atoms with E-state index in [1.165, 1.54) is 24.0 Å². The van der Waals surface area contributed by atoms with E-state index in [-0.39, 0.29) is 0 Å². The van der Waals surface area contributed by atoms with E-state index in [1.807, 2.05) is 6.07 Å². The van der Waals surface area contributed by atoms with Crippen LogP contribution in [0.1, 0.15) is 24.0 Å². The van der Waals surface area contributed by atoms with Gasteiger partial charge in [0.1, 0.15) is 0 Å². The maximum atomic E-state index is 6.27. The first-order valence-electron chi connectivity index (χ1n) is 6.33. The van der Waals surface area contributed by atoms with Crippen LogP contribution in [0.15, 0.2) is 18.2 Å². The standard InChI is InChI=1S/C14H21ClN2/c1-11-3-4-12(14(15)9-11)10-17(2)13-5-7-16-8-6-13/h3-4,9,13,16H,5-8,10H2,1-2H3. The quantitative estimate of drug-likeness (QED) is 0.890. The lowest BCUT2D eigenvalue weighted by atomic mass is 10.0. The Morgan fingerprint density at radius 3 is 2.71 bits per heavy atom. The predicted molar refractivity (Wildman–Crippen MR) is 73.5 cm³/mol. The van der Waals surface area contributed by atoms with Gasteiger partial charge in [0.05, 0.1) is 0 Å². The van der Waals surface area contributed by atoms with Gasteiger partial charge in [-0.2, -0.15) is 0 Å². The molecule has 1 aliphatic heterocycles. The van der Waals surface area contributed by atoms with Crippen LogP contribution in [0, 0.1) is 6.92 Å². The number of hydrogen-bond acceptors (Lipinski definition) is 2. The molecule has 3 heteroatoms. The van der Waals surface area contributed by atoms with E-state index in [2.05, 4.69) is 36.3 Å². The molecule has 1 heterocycles. The van der Waals surface area contributed by atoms with Gasteiger partial charge in [0.15, 0.2) is 0 Å². The second-order valence-electron chi connectivity index (χ2n) is 4.99. The summed E-state index contributed by atoms with van der Waals surface area (Å²) in [6.07, 6.45) is 2.47. The molecule has 1 aliphatic rings. The van der Waals surface area contributed by atoms with Crippen LogP contribution in [0.3, 0.4) is 0 Å². The van der Waals surface area contributed by atoms with Crippen molar-refractivity contribution in [3.63, 3.8) is 0 Å². The molecule has 0 saturated carbocycles. The minimum absolute atomic E-state index is 0.689. The van der Waals surface area contributed by atoms with Crippen molar-refractivity contribution in [2.24, 2.45) is 0 Å². The first-order valence-corrected chi connectivity index (χ1v) is 6.70. The fraction of sp³-hybridized carbons (Fsp3) is 0.571. The molecule has 1 aromatic rings. The van der Waals surface area contributed by atoms with Crippen molar-refractivity contribution in [2.75, 3.05) is 20.1 Å². The van der Waals surface area contributed by atoms with Gasteiger partial charge in [-0.05, 0) is 57.1 Å². The summed E-state index contributed by atoms with van der Waals surface area (Å²) in [7, 11) is 2.20. The van der Waals surface area contributed by atoms with Crippen molar-refractivity contribution in [2.45, 2.75) is 32.4 Å². The Hall–Kier alpha value is -0.570. The van der Waals surface area contributed by atoms with Crippen LogP contribution in [-0.4, -0.2) is 31.1 Å². The van der Waals surface area contributed by atoms with Crippen LogP contribution < -0.4 is 5.32 Å². The average molecular weight is 253 g/mol. The van der Waals surface area contributed by atoms with Crippen LogP contribution >= 0.6 is 11.6 Å². The van der Waals surface area contributed by atoms with Gasteiger partial charge in [-0.15, -0.1) is 0 Å². The van der Waals surface area contributed by atoms with Crippen molar-refractivity contribution >= 4 is 11.6 Å². The van der Waals surface area contributed by atoms with E-state index in [0.717, 1.165) is 24.7 Å². The normalized spacial score (nSPS) is 17.6. The van der Waals surface area contributed by atoms with Gasteiger partial charge < -0.3 is 5.32 Å². The molecule has 2 rings (SSSR count). The third kappa shape index (κ3) is 3.44. The van der Waals surface area contributed by atoms with E-state index in [0.29, 0.717) is 6.04 Å². The fourth-order valence-electron chi connectivity index (χ4n) is 2.43. The van der Waals surface area contributed by atoms with Gasteiger partial charge in [-0.3, -0.25) is 4.90 Å². The Morgan fingerprint density at radius 2 is 2.06 bits per heavy atom. The van der Waals surface area contributed by atoms with E-state index >= 15 is 0 Å². The highest BCUT2D eigenvalue weighted by Gasteiger charge is 2.18. The van der Waals surface area contributed by atoms with E-state index in [4.69, 9.17) is 11.6 Å². The average Bonchev–Trinajstić information content (AvgIpc) is 2.34. The van der Waals surface area contributed by atoms with Crippen LogP contribution in [-0.2, 0) is 6.54 Å². The number of nitrogens with zero attached hydrogens (tertiary/aromatic N) is 1. The first kappa shape index (κ1) is 12.9. The van der Waals surface area contributed by atoms with Crippen molar-refractivity contribution in [3.05, 3.63) is 34.3 Å². The van der Waals surface area contributed by atoms with Crippen LogP contribution in [0.4, 0.5) is 0 Å². The zero-order valence-corrected chi connectivity index (χ0v) is 11.4. The molecule has 1 fully saturated rings. The van der Waals surface area contributed by atoms with Crippen molar-refractivity contribution < 1.29 is 0 Å². The molecule has 0 atom stereocenters. The summed E-state index contributed by atoms with van der Waals surface area (Å²) in [5.41, 5.74) is 2.46. The smallest absolute Gasteiger partial charge is 0.0453 e. The Bertz CT molecular complexity index is 372. The molecule has 0 aliphatic carbocycles. The second kappa shape index (κ2) is 5.85. The predicted octanol–water partition coefficient (Wildman–Crippen LogP) is 2.83. The molecule has 1 aromatic carbocycles. The number of halogens is 1. The van der Waals surface area contributed by atoms with E-state index in [9.17, 15) is 0 Å².